The fraction of sp³-hybridized carbons (Fsp3) is 0.357. The minimum Gasteiger partial charge on any atom is -0.334 e. The van der Waals surface area contributed by atoms with Crippen LogP contribution in [0.5, 0.6) is 0 Å². The molecule has 0 aliphatic carbocycles. The molecule has 2 N–H and O–H groups in total. The van der Waals surface area contributed by atoms with Crippen molar-refractivity contribution in [2.24, 2.45) is 0 Å². The molecule has 0 saturated carbocycles. The molecule has 0 bridgehead atoms. The Morgan fingerprint density at radius 1 is 1.30 bits per heavy atom. The third kappa shape index (κ3) is 5.05. The van der Waals surface area contributed by atoms with Crippen LogP contribution in [0.1, 0.15) is 19.4 Å². The summed E-state index contributed by atoms with van der Waals surface area (Å²) in [6.45, 7) is 6.05. The molecule has 2 amide bonds. The lowest BCUT2D eigenvalue weighted by Gasteiger charge is -2.09. The van der Waals surface area contributed by atoms with Crippen LogP contribution < -0.4 is 10.6 Å². The summed E-state index contributed by atoms with van der Waals surface area (Å²) in [7, 11) is -3.24. The number of nitrogens with one attached hydrogen (secondary N) is 2. The molecule has 0 aliphatic rings. The van der Waals surface area contributed by atoms with Crippen molar-refractivity contribution in [1.29, 1.82) is 0 Å². The molecule has 5 nitrogen and oxygen atoms in total. The summed E-state index contributed by atoms with van der Waals surface area (Å²) in [5.41, 5.74) is 2.29. The molecule has 0 unspecified atom stereocenters. The molecule has 0 aromatic heterocycles. The number of benzene rings is 1. The number of carbonyl (C=O) groups excluding carboxylic acids is 1. The van der Waals surface area contributed by atoms with Crippen LogP contribution in [0.15, 0.2) is 34.7 Å². The van der Waals surface area contributed by atoms with Crippen LogP contribution in [-0.2, 0) is 9.84 Å². The maximum absolute atomic E-state index is 11.6. The van der Waals surface area contributed by atoms with Crippen LogP contribution in [0.3, 0.4) is 0 Å². The lowest BCUT2D eigenvalue weighted by molar-refractivity contribution is 0.253. The highest BCUT2D eigenvalue weighted by Gasteiger charge is 2.11. The summed E-state index contributed by atoms with van der Waals surface area (Å²) >= 11 is 0. The first kappa shape index (κ1) is 16.2. The van der Waals surface area contributed by atoms with E-state index in [1.54, 1.807) is 19.1 Å². The van der Waals surface area contributed by atoms with Crippen molar-refractivity contribution in [3.63, 3.8) is 0 Å². The van der Waals surface area contributed by atoms with Gasteiger partial charge in [-0.25, -0.2) is 13.2 Å². The van der Waals surface area contributed by atoms with Gasteiger partial charge >= 0.3 is 6.03 Å². The van der Waals surface area contributed by atoms with E-state index in [-0.39, 0.29) is 10.9 Å². The molecule has 1 aromatic carbocycles. The van der Waals surface area contributed by atoms with Crippen molar-refractivity contribution in [3.8, 4) is 0 Å². The van der Waals surface area contributed by atoms with Gasteiger partial charge in [0.05, 0.1) is 4.90 Å². The zero-order valence-corrected chi connectivity index (χ0v) is 13.0. The third-order valence-electron chi connectivity index (χ3n) is 2.61. The van der Waals surface area contributed by atoms with Crippen molar-refractivity contribution in [1.82, 2.24) is 5.32 Å². The molecule has 1 rings (SSSR count). The van der Waals surface area contributed by atoms with Gasteiger partial charge in [-0.15, -0.1) is 0 Å². The molecular formula is C14H20N2O3S. The van der Waals surface area contributed by atoms with Gasteiger partial charge in [-0.3, -0.25) is 0 Å². The van der Waals surface area contributed by atoms with E-state index >= 15 is 0 Å². The predicted octanol–water partition coefficient (Wildman–Crippen LogP) is 2.49. The summed E-state index contributed by atoms with van der Waals surface area (Å²) in [5, 5.41) is 5.34. The average Bonchev–Trinajstić information content (AvgIpc) is 2.26. The van der Waals surface area contributed by atoms with E-state index in [0.29, 0.717) is 17.8 Å². The standard InChI is InChI=1S/C14H20N2O3S/c1-10(2)7-8-15-14(17)16-12-5-6-13(11(3)9-12)20(4,18)19/h5-7,9H,8H2,1-4H3,(H2,15,16,17). The Balaban J connectivity index is 2.73. The summed E-state index contributed by atoms with van der Waals surface area (Å²) in [6.07, 6.45) is 3.06. The molecule has 0 spiro atoms. The van der Waals surface area contributed by atoms with E-state index in [2.05, 4.69) is 10.6 Å². The van der Waals surface area contributed by atoms with Crippen molar-refractivity contribution in [2.75, 3.05) is 18.1 Å². The number of hydrogen-bond donors (Lipinski definition) is 2. The number of amides is 2. The normalized spacial score (nSPS) is 10.8. The average molecular weight is 296 g/mol. The second kappa shape index (κ2) is 6.56. The monoisotopic (exact) mass is 296 g/mol. The van der Waals surface area contributed by atoms with E-state index in [1.807, 2.05) is 19.9 Å². The van der Waals surface area contributed by atoms with Crippen LogP contribution in [-0.4, -0.2) is 27.2 Å². The molecule has 0 aliphatic heterocycles. The predicted molar refractivity (Wildman–Crippen MR) is 80.7 cm³/mol. The maximum atomic E-state index is 11.6. The van der Waals surface area contributed by atoms with Gasteiger partial charge in [0.1, 0.15) is 0 Å². The number of carbonyl (C=O) groups is 1. The zero-order valence-electron chi connectivity index (χ0n) is 12.1. The van der Waals surface area contributed by atoms with Gasteiger partial charge in [-0.05, 0) is 44.5 Å². The van der Waals surface area contributed by atoms with Gasteiger partial charge in [-0.1, -0.05) is 11.6 Å². The van der Waals surface area contributed by atoms with Crippen molar-refractivity contribution in [2.45, 2.75) is 25.7 Å². The minimum atomic E-state index is -3.24. The lowest BCUT2D eigenvalue weighted by Crippen LogP contribution is -2.28. The second-order valence-corrected chi connectivity index (χ2v) is 6.85. The highest BCUT2D eigenvalue weighted by atomic mass is 32.2. The topological polar surface area (TPSA) is 75.3 Å². The summed E-state index contributed by atoms with van der Waals surface area (Å²) in [6, 6.07) is 4.38. The summed E-state index contributed by atoms with van der Waals surface area (Å²) < 4.78 is 23.0. The Morgan fingerprint density at radius 3 is 2.45 bits per heavy atom. The molecular weight excluding hydrogens is 276 g/mol. The van der Waals surface area contributed by atoms with Crippen molar-refractivity contribution in [3.05, 3.63) is 35.4 Å². The quantitative estimate of drug-likeness (QED) is 0.838. The van der Waals surface area contributed by atoms with Gasteiger partial charge in [0.2, 0.25) is 0 Å². The molecule has 20 heavy (non-hydrogen) atoms. The van der Waals surface area contributed by atoms with E-state index in [0.717, 1.165) is 11.8 Å². The largest absolute Gasteiger partial charge is 0.334 e. The fourth-order valence-corrected chi connectivity index (χ4v) is 2.63. The summed E-state index contributed by atoms with van der Waals surface area (Å²) in [4.78, 5) is 11.9. The highest BCUT2D eigenvalue weighted by Crippen LogP contribution is 2.19. The Bertz CT molecular complexity index is 630. The lowest BCUT2D eigenvalue weighted by atomic mass is 10.2. The zero-order chi connectivity index (χ0) is 15.3. The molecule has 6 heteroatoms. The Morgan fingerprint density at radius 2 is 1.95 bits per heavy atom. The van der Waals surface area contributed by atoms with Gasteiger partial charge < -0.3 is 10.6 Å². The van der Waals surface area contributed by atoms with Crippen LogP contribution in [0.2, 0.25) is 0 Å². The first-order chi connectivity index (χ1) is 9.20. The Kier molecular flexibility index (Phi) is 5.33. The molecule has 0 heterocycles. The van der Waals surface area contributed by atoms with Gasteiger partial charge in [0.25, 0.3) is 0 Å². The van der Waals surface area contributed by atoms with Gasteiger partial charge in [-0.2, -0.15) is 0 Å². The van der Waals surface area contributed by atoms with Crippen molar-refractivity contribution < 1.29 is 13.2 Å². The van der Waals surface area contributed by atoms with Crippen LogP contribution >= 0.6 is 0 Å². The molecule has 110 valence electrons. The van der Waals surface area contributed by atoms with E-state index in [1.165, 1.54) is 6.07 Å². The first-order valence-electron chi connectivity index (χ1n) is 6.19. The molecule has 0 radical (unpaired) electrons. The third-order valence-corrected chi connectivity index (χ3v) is 3.86. The molecule has 0 fully saturated rings. The number of hydrogen-bond acceptors (Lipinski definition) is 3. The molecule has 1 aromatic rings. The highest BCUT2D eigenvalue weighted by molar-refractivity contribution is 7.90. The number of aryl methyl sites for hydroxylation is 1. The van der Waals surface area contributed by atoms with Gasteiger partial charge in [0.15, 0.2) is 9.84 Å². The Labute approximate surface area is 120 Å². The van der Waals surface area contributed by atoms with E-state index in [4.69, 9.17) is 0 Å². The number of rotatable bonds is 4. The number of anilines is 1. The molecule has 0 atom stereocenters. The Hall–Kier alpha value is -1.82. The first-order valence-corrected chi connectivity index (χ1v) is 8.08. The van der Waals surface area contributed by atoms with Gasteiger partial charge in [0, 0.05) is 18.5 Å². The number of urea groups is 1. The number of allylic oxidation sites excluding steroid dienone is 1. The smallest absolute Gasteiger partial charge is 0.319 e. The number of sulfone groups is 1. The fourth-order valence-electron chi connectivity index (χ4n) is 1.67. The summed E-state index contributed by atoms with van der Waals surface area (Å²) in [5.74, 6) is 0. The van der Waals surface area contributed by atoms with E-state index in [9.17, 15) is 13.2 Å². The van der Waals surface area contributed by atoms with Crippen LogP contribution in [0.4, 0.5) is 10.5 Å². The van der Waals surface area contributed by atoms with Crippen LogP contribution in [0, 0.1) is 6.92 Å². The van der Waals surface area contributed by atoms with Crippen molar-refractivity contribution >= 4 is 21.6 Å². The van der Waals surface area contributed by atoms with E-state index < -0.39 is 9.84 Å². The molecule has 0 saturated heterocycles. The second-order valence-electron chi connectivity index (χ2n) is 4.87. The SMILES string of the molecule is CC(C)=CCNC(=O)Nc1ccc(S(C)(=O)=O)c(C)c1. The van der Waals surface area contributed by atoms with Crippen LogP contribution in [0.25, 0.3) is 0 Å². The maximum Gasteiger partial charge on any atom is 0.319 e. The minimum absolute atomic E-state index is 0.271.